The molecule has 0 fully saturated rings. The van der Waals surface area contributed by atoms with Crippen LogP contribution < -0.4 is 0 Å². The van der Waals surface area contributed by atoms with E-state index < -0.39 is 36.3 Å². The van der Waals surface area contributed by atoms with E-state index in [4.69, 9.17) is 8.22 Å². The van der Waals surface area contributed by atoms with Crippen LogP contribution in [0, 0.1) is 0 Å². The summed E-state index contributed by atoms with van der Waals surface area (Å²) in [5.41, 5.74) is 12.7. The smallest absolute Gasteiger partial charge is 0.0645 e. The number of fused-ring (bicyclic) bond motifs is 12. The minimum Gasteiger partial charge on any atom is -0.309 e. The van der Waals surface area contributed by atoms with Crippen molar-refractivity contribution < 1.29 is 13.7 Å². The Morgan fingerprint density at radius 3 is 1.20 bits per heavy atom. The third kappa shape index (κ3) is 4.11. The van der Waals surface area contributed by atoms with Crippen molar-refractivity contribution in [3.8, 4) is 44.8 Å². The number of rotatable bonds is 3. The lowest BCUT2D eigenvalue weighted by Crippen LogP contribution is -2.14. The van der Waals surface area contributed by atoms with Gasteiger partial charge in [0, 0.05) is 43.7 Å². The third-order valence-electron chi connectivity index (χ3n) is 12.7. The molecule has 0 bridgehead atoms. The molecule has 0 amide bonds. The van der Waals surface area contributed by atoms with Gasteiger partial charge in [-0.2, -0.15) is 0 Å². The van der Waals surface area contributed by atoms with Crippen LogP contribution in [0.5, 0.6) is 0 Å². The van der Waals surface area contributed by atoms with E-state index in [0.717, 1.165) is 77.1 Å². The fourth-order valence-electron chi connectivity index (χ4n) is 9.97. The molecule has 266 valence electrons. The monoisotopic (exact) mass is 726 g/mol. The lowest BCUT2D eigenvalue weighted by molar-refractivity contribution is 0.661. The second-order valence-corrected chi connectivity index (χ2v) is 16.3. The summed E-state index contributed by atoms with van der Waals surface area (Å²) in [6.07, 6.45) is 0. The van der Waals surface area contributed by atoms with E-state index in [1.165, 1.54) is 11.1 Å². The highest BCUT2D eigenvalue weighted by Crippen LogP contribution is 2.53. The molecule has 0 spiro atoms. The molecule has 0 N–H and O–H groups in total. The largest absolute Gasteiger partial charge is 0.309 e. The molecule has 2 heterocycles. The Morgan fingerprint density at radius 1 is 0.375 bits per heavy atom. The Kier molecular flexibility index (Phi) is 4.58. The van der Waals surface area contributed by atoms with E-state index in [0.29, 0.717) is 11.0 Å². The average molecular weight is 727 g/mol. The fraction of sp³-hybridized carbons (Fsp3) is 0.111. The van der Waals surface area contributed by atoms with Crippen LogP contribution in [0.1, 0.15) is 63.7 Å². The first-order valence-electron chi connectivity index (χ1n) is 24.0. The summed E-state index contributed by atoms with van der Waals surface area (Å²) in [5.74, 6) is 0. The molecule has 12 rings (SSSR count). The summed E-state index contributed by atoms with van der Waals surface area (Å²) in [7, 11) is 0. The zero-order valence-corrected chi connectivity index (χ0v) is 31.3. The van der Waals surface area contributed by atoms with Crippen molar-refractivity contribution in [3.05, 3.63) is 192 Å². The van der Waals surface area contributed by atoms with Crippen LogP contribution in [0.2, 0.25) is 0 Å². The first kappa shape index (κ1) is 23.3. The first-order chi connectivity index (χ1) is 31.4. The SMILES string of the molecule is [2H]c1c([2H])c([2H])c(-n2c3cc(-c4ccc5c6cc7c(cc6n(-c6c([2H])c([2H])c([2H])c([2H])c6[2H])c5c4)C(C)(C)c4ccccc4-7)ccc3c3cc4c(cc32)C(C)(C)c2ccccc2-4)c([2H])c1[2H]. The van der Waals surface area contributed by atoms with E-state index in [2.05, 4.69) is 76.2 Å². The Labute approximate surface area is 341 Å². The van der Waals surface area contributed by atoms with E-state index in [1.54, 1.807) is 0 Å². The van der Waals surface area contributed by atoms with Crippen LogP contribution in [-0.4, -0.2) is 9.13 Å². The number of para-hydroxylation sites is 2. The number of hydrogen-bond acceptors (Lipinski definition) is 0. The number of hydrogen-bond donors (Lipinski definition) is 0. The maximum absolute atomic E-state index is 9.19. The predicted molar refractivity (Wildman–Crippen MR) is 236 cm³/mol. The summed E-state index contributed by atoms with van der Waals surface area (Å²) in [5, 5.41) is 3.45. The molecule has 2 nitrogen and oxygen atoms in total. The van der Waals surface area contributed by atoms with Crippen molar-refractivity contribution >= 4 is 43.6 Å². The number of aromatic nitrogens is 2. The standard InChI is InChI=1S/C54H40N2/c1-53(2)45-21-13-11-19-37(45)41-29-43-39-25-23-33(27-49(39)55(51(43)31-47(41)53)35-15-7-5-8-16-35)34-24-26-40-44-30-42-38-20-12-14-22-46(38)54(3,4)48(42)32-52(44)56(50(40)28-34)36-17-9-6-10-18-36/h5-32H,1-4H3/i5D,6D,7D,8D,9D,10D,15D,16D,17D,18D. The van der Waals surface area contributed by atoms with Gasteiger partial charge in [0.1, 0.15) is 0 Å². The maximum atomic E-state index is 9.19. The predicted octanol–water partition coefficient (Wildman–Crippen LogP) is 14.2. The second-order valence-electron chi connectivity index (χ2n) is 16.3. The van der Waals surface area contributed by atoms with Crippen molar-refractivity contribution in [2.45, 2.75) is 38.5 Å². The first-order valence-corrected chi connectivity index (χ1v) is 19.0. The summed E-state index contributed by atoms with van der Waals surface area (Å²) in [6.45, 7) is 8.75. The molecule has 56 heavy (non-hydrogen) atoms. The average Bonchev–Trinajstić information content (AvgIpc) is 3.95. The van der Waals surface area contributed by atoms with Crippen LogP contribution >= 0.6 is 0 Å². The zero-order chi connectivity index (χ0) is 46.2. The van der Waals surface area contributed by atoms with Gasteiger partial charge in [-0.05, 0) is 116 Å². The second kappa shape index (κ2) is 11.0. The highest BCUT2D eigenvalue weighted by Gasteiger charge is 2.37. The van der Waals surface area contributed by atoms with Gasteiger partial charge in [-0.15, -0.1) is 0 Å². The molecule has 0 unspecified atom stereocenters. The quantitative estimate of drug-likeness (QED) is 0.172. The molecular formula is C54H40N2. The normalized spacial score (nSPS) is 17.2. The Morgan fingerprint density at radius 2 is 0.768 bits per heavy atom. The minimum atomic E-state index is -0.464. The molecule has 0 aliphatic heterocycles. The molecule has 2 heteroatoms. The van der Waals surface area contributed by atoms with E-state index in [-0.39, 0.29) is 46.4 Å². The van der Waals surface area contributed by atoms with Crippen LogP contribution in [0.3, 0.4) is 0 Å². The molecule has 0 radical (unpaired) electrons. The zero-order valence-electron chi connectivity index (χ0n) is 41.3. The summed E-state index contributed by atoms with van der Waals surface area (Å²) in [4.78, 5) is 0. The van der Waals surface area contributed by atoms with Crippen LogP contribution in [0.15, 0.2) is 170 Å². The maximum Gasteiger partial charge on any atom is 0.0645 e. The number of nitrogens with zero attached hydrogens (tertiary/aromatic N) is 2. The topological polar surface area (TPSA) is 9.86 Å². The molecule has 0 saturated heterocycles. The van der Waals surface area contributed by atoms with Gasteiger partial charge in [0.05, 0.1) is 35.8 Å². The van der Waals surface area contributed by atoms with E-state index in [1.807, 2.05) is 69.8 Å². The van der Waals surface area contributed by atoms with E-state index >= 15 is 0 Å². The molecule has 0 atom stereocenters. The van der Waals surface area contributed by atoms with Gasteiger partial charge in [0.2, 0.25) is 0 Å². The Balaban J connectivity index is 1.16. The molecular weight excluding hydrogens is 677 g/mol. The van der Waals surface area contributed by atoms with Gasteiger partial charge in [-0.1, -0.05) is 137 Å². The van der Waals surface area contributed by atoms with Crippen LogP contribution in [-0.2, 0) is 10.8 Å². The fourth-order valence-corrected chi connectivity index (χ4v) is 9.97. The molecule has 2 aliphatic rings. The van der Waals surface area contributed by atoms with Gasteiger partial charge in [-0.25, -0.2) is 0 Å². The molecule has 8 aromatic carbocycles. The van der Waals surface area contributed by atoms with Crippen molar-refractivity contribution in [1.29, 1.82) is 0 Å². The Hall–Kier alpha value is -6.64. The van der Waals surface area contributed by atoms with E-state index in [9.17, 15) is 5.48 Å². The van der Waals surface area contributed by atoms with Crippen molar-refractivity contribution in [3.63, 3.8) is 0 Å². The highest BCUT2D eigenvalue weighted by atomic mass is 15.0. The highest BCUT2D eigenvalue weighted by molar-refractivity contribution is 6.14. The molecule has 10 aromatic rings. The minimum absolute atomic E-state index is 0.0562. The molecule has 0 saturated carbocycles. The van der Waals surface area contributed by atoms with Gasteiger partial charge >= 0.3 is 0 Å². The van der Waals surface area contributed by atoms with Gasteiger partial charge in [0.25, 0.3) is 0 Å². The summed E-state index contributed by atoms with van der Waals surface area (Å²) >= 11 is 0. The van der Waals surface area contributed by atoms with Crippen molar-refractivity contribution in [1.82, 2.24) is 9.13 Å². The van der Waals surface area contributed by atoms with Crippen molar-refractivity contribution in [2.24, 2.45) is 0 Å². The van der Waals surface area contributed by atoms with Gasteiger partial charge < -0.3 is 9.13 Å². The summed E-state index contributed by atoms with van der Waals surface area (Å²) < 4.78 is 92.1. The molecule has 2 aromatic heterocycles. The Bertz CT molecular complexity index is 3580. The third-order valence-corrected chi connectivity index (χ3v) is 12.7. The molecule has 2 aliphatic carbocycles. The van der Waals surface area contributed by atoms with Gasteiger partial charge in [0.15, 0.2) is 0 Å². The lowest BCUT2D eigenvalue weighted by Gasteiger charge is -2.21. The van der Waals surface area contributed by atoms with Crippen molar-refractivity contribution in [2.75, 3.05) is 0 Å². The number of benzene rings is 8. The van der Waals surface area contributed by atoms with Crippen LogP contribution in [0.25, 0.3) is 88.4 Å². The van der Waals surface area contributed by atoms with Gasteiger partial charge in [-0.3, -0.25) is 0 Å². The lowest BCUT2D eigenvalue weighted by atomic mass is 9.82. The summed E-state index contributed by atoms with van der Waals surface area (Å²) in [6, 6.07) is 33.5. The van der Waals surface area contributed by atoms with Crippen LogP contribution in [0.4, 0.5) is 0 Å².